The van der Waals surface area contributed by atoms with E-state index in [1.165, 1.54) is 16.4 Å². The van der Waals surface area contributed by atoms with Crippen LogP contribution in [0.15, 0.2) is 88.3 Å². The van der Waals surface area contributed by atoms with Crippen LogP contribution in [0.3, 0.4) is 0 Å². The number of nitrogens with zero attached hydrogens (tertiary/aromatic N) is 2. The summed E-state index contributed by atoms with van der Waals surface area (Å²) in [6, 6.07) is 22.3. The van der Waals surface area contributed by atoms with Gasteiger partial charge in [-0.15, -0.1) is 0 Å². The Labute approximate surface area is 203 Å². The topological polar surface area (TPSA) is 102 Å². The molecule has 8 nitrogen and oxygen atoms in total. The van der Waals surface area contributed by atoms with Gasteiger partial charge in [0.1, 0.15) is 11.9 Å². The monoisotopic (exact) mass is 489 g/mol. The Bertz CT molecular complexity index is 1480. The van der Waals surface area contributed by atoms with Crippen molar-refractivity contribution < 1.29 is 22.5 Å². The van der Waals surface area contributed by atoms with Crippen molar-refractivity contribution >= 4 is 27.3 Å². The van der Waals surface area contributed by atoms with Crippen molar-refractivity contribution in [2.75, 3.05) is 16.2 Å². The number of hydrogen-bond donors (Lipinski definition) is 1. The predicted molar refractivity (Wildman–Crippen MR) is 132 cm³/mol. The number of benzene rings is 3. The molecule has 1 N–H and O–H groups in total. The third-order valence-corrected chi connectivity index (χ3v) is 7.46. The number of hydrogen-bond acceptors (Lipinski definition) is 6. The van der Waals surface area contributed by atoms with Crippen molar-refractivity contribution in [3.05, 3.63) is 90.1 Å². The van der Waals surface area contributed by atoms with Crippen molar-refractivity contribution in [2.45, 2.75) is 24.8 Å². The molecular formula is C26H23N3O5S. The molecule has 0 aliphatic carbocycles. The van der Waals surface area contributed by atoms with Gasteiger partial charge in [0.25, 0.3) is 15.9 Å². The van der Waals surface area contributed by atoms with Crippen LogP contribution in [-0.2, 0) is 10.0 Å². The molecule has 35 heavy (non-hydrogen) atoms. The number of anilines is 2. The molecule has 178 valence electrons. The summed E-state index contributed by atoms with van der Waals surface area (Å²) in [5.41, 5.74) is 2.99. The molecule has 0 unspecified atom stereocenters. The third kappa shape index (κ3) is 4.50. The Morgan fingerprint density at radius 3 is 2.49 bits per heavy atom. The second-order valence-corrected chi connectivity index (χ2v) is 10.2. The molecule has 1 aliphatic heterocycles. The summed E-state index contributed by atoms with van der Waals surface area (Å²) in [5, 5.41) is 6.58. The Kier molecular flexibility index (Phi) is 5.78. The van der Waals surface area contributed by atoms with E-state index < -0.39 is 15.9 Å². The van der Waals surface area contributed by atoms with Gasteiger partial charge in [-0.2, -0.15) is 0 Å². The highest BCUT2D eigenvalue weighted by Crippen LogP contribution is 2.36. The fraction of sp³-hybridized carbons (Fsp3) is 0.154. The van der Waals surface area contributed by atoms with Crippen LogP contribution < -0.4 is 14.4 Å². The fourth-order valence-electron chi connectivity index (χ4n) is 3.85. The van der Waals surface area contributed by atoms with Gasteiger partial charge in [-0.25, -0.2) is 8.42 Å². The molecule has 2 heterocycles. The second-order valence-electron chi connectivity index (χ2n) is 8.35. The zero-order valence-corrected chi connectivity index (χ0v) is 20.0. The minimum absolute atomic E-state index is 0.113. The van der Waals surface area contributed by atoms with Gasteiger partial charge in [0.15, 0.2) is 11.5 Å². The molecule has 0 saturated heterocycles. The Hall–Kier alpha value is -4.11. The second kappa shape index (κ2) is 8.92. The summed E-state index contributed by atoms with van der Waals surface area (Å²) in [5.74, 6) is 0.548. The van der Waals surface area contributed by atoms with E-state index in [2.05, 4.69) is 10.5 Å². The minimum Gasteiger partial charge on any atom is -0.487 e. The van der Waals surface area contributed by atoms with E-state index in [-0.39, 0.29) is 23.2 Å². The van der Waals surface area contributed by atoms with Crippen LogP contribution in [0, 0.1) is 6.92 Å². The van der Waals surface area contributed by atoms with Crippen LogP contribution in [0.5, 0.6) is 5.75 Å². The molecule has 0 fully saturated rings. The highest BCUT2D eigenvalue weighted by molar-refractivity contribution is 7.92. The van der Waals surface area contributed by atoms with Crippen LogP contribution in [0.1, 0.15) is 23.0 Å². The van der Waals surface area contributed by atoms with E-state index in [9.17, 15) is 13.2 Å². The smallest absolute Gasteiger partial charge is 0.277 e. The van der Waals surface area contributed by atoms with Gasteiger partial charge in [0.2, 0.25) is 0 Å². The first-order chi connectivity index (χ1) is 16.8. The maximum Gasteiger partial charge on any atom is 0.277 e. The van der Waals surface area contributed by atoms with Crippen molar-refractivity contribution in [1.29, 1.82) is 0 Å². The minimum atomic E-state index is -3.82. The SMILES string of the molecule is Cc1ccc(-c2cc(C(=O)Nc3ccc(S(=O)(=O)N4C[C@@H](C)Oc5ccccc54)cc3)no2)cc1. The van der Waals surface area contributed by atoms with E-state index in [0.29, 0.717) is 22.9 Å². The number of para-hydroxylation sites is 2. The molecule has 0 saturated carbocycles. The lowest BCUT2D eigenvalue weighted by atomic mass is 10.1. The van der Waals surface area contributed by atoms with Gasteiger partial charge < -0.3 is 14.6 Å². The van der Waals surface area contributed by atoms with Crippen molar-refractivity contribution in [3.63, 3.8) is 0 Å². The van der Waals surface area contributed by atoms with Crippen LogP contribution in [-0.4, -0.2) is 32.1 Å². The third-order valence-electron chi connectivity index (χ3n) is 5.66. The van der Waals surface area contributed by atoms with Gasteiger partial charge >= 0.3 is 0 Å². The highest BCUT2D eigenvalue weighted by Gasteiger charge is 2.32. The van der Waals surface area contributed by atoms with Crippen LogP contribution in [0.4, 0.5) is 11.4 Å². The van der Waals surface area contributed by atoms with Crippen LogP contribution in [0.25, 0.3) is 11.3 Å². The predicted octanol–water partition coefficient (Wildman–Crippen LogP) is 4.88. The first-order valence-corrected chi connectivity index (χ1v) is 12.5. The zero-order valence-electron chi connectivity index (χ0n) is 19.1. The van der Waals surface area contributed by atoms with Crippen molar-refractivity contribution in [1.82, 2.24) is 5.16 Å². The summed E-state index contributed by atoms with van der Waals surface area (Å²) in [6.07, 6.45) is -0.287. The molecule has 1 atom stereocenters. The lowest BCUT2D eigenvalue weighted by Crippen LogP contribution is -2.42. The summed E-state index contributed by atoms with van der Waals surface area (Å²) in [6.45, 7) is 4.01. The first-order valence-electron chi connectivity index (χ1n) is 11.0. The van der Waals surface area contributed by atoms with Crippen LogP contribution >= 0.6 is 0 Å². The average Bonchev–Trinajstić information content (AvgIpc) is 3.35. The zero-order chi connectivity index (χ0) is 24.6. The van der Waals surface area contributed by atoms with Gasteiger partial charge in [0, 0.05) is 17.3 Å². The van der Waals surface area contributed by atoms with E-state index in [1.807, 2.05) is 38.1 Å². The lowest BCUT2D eigenvalue weighted by molar-refractivity contribution is 0.101. The summed E-state index contributed by atoms with van der Waals surface area (Å²) >= 11 is 0. The fourth-order valence-corrected chi connectivity index (χ4v) is 5.40. The summed E-state index contributed by atoms with van der Waals surface area (Å²) < 4.78 is 39.2. The van der Waals surface area contributed by atoms with E-state index >= 15 is 0 Å². The maximum absolute atomic E-state index is 13.4. The number of sulfonamides is 1. The first kappa shape index (κ1) is 22.7. The van der Waals surface area contributed by atoms with Crippen molar-refractivity contribution in [3.8, 4) is 17.1 Å². The molecule has 0 radical (unpaired) electrons. The maximum atomic E-state index is 13.4. The van der Waals surface area contributed by atoms with Gasteiger partial charge in [0.05, 0.1) is 17.1 Å². The molecule has 4 aromatic rings. The number of ether oxygens (including phenoxy) is 1. The van der Waals surface area contributed by atoms with Crippen LogP contribution in [0.2, 0.25) is 0 Å². The number of carbonyl (C=O) groups excluding carboxylic acids is 1. The number of fused-ring (bicyclic) bond motifs is 1. The van der Waals surface area contributed by atoms with Gasteiger partial charge in [-0.1, -0.05) is 47.1 Å². The number of nitrogens with one attached hydrogen (secondary N) is 1. The average molecular weight is 490 g/mol. The lowest BCUT2D eigenvalue weighted by Gasteiger charge is -2.34. The Morgan fingerprint density at radius 2 is 1.74 bits per heavy atom. The standard InChI is InChI=1S/C26H23N3O5S/c1-17-7-9-19(10-8-17)25-15-22(28-34-25)26(30)27-20-11-13-21(14-12-20)35(31,32)29-16-18(2)33-24-6-4-3-5-23(24)29/h3-15,18H,16H2,1-2H3,(H,27,30)/t18-/m1/s1. The molecule has 1 amide bonds. The van der Waals surface area contributed by atoms with E-state index in [1.54, 1.807) is 42.5 Å². The Morgan fingerprint density at radius 1 is 1.03 bits per heavy atom. The molecular weight excluding hydrogens is 466 g/mol. The summed E-state index contributed by atoms with van der Waals surface area (Å²) in [4.78, 5) is 12.8. The largest absolute Gasteiger partial charge is 0.487 e. The number of aryl methyl sites for hydroxylation is 1. The molecule has 5 rings (SSSR count). The summed E-state index contributed by atoms with van der Waals surface area (Å²) in [7, 11) is -3.82. The van der Waals surface area contributed by atoms with Crippen molar-refractivity contribution in [2.24, 2.45) is 0 Å². The van der Waals surface area contributed by atoms with Gasteiger partial charge in [-0.3, -0.25) is 9.10 Å². The van der Waals surface area contributed by atoms with E-state index in [0.717, 1.165) is 11.1 Å². The number of carbonyl (C=O) groups is 1. The molecule has 1 aliphatic rings. The van der Waals surface area contributed by atoms with E-state index in [4.69, 9.17) is 9.26 Å². The quantitative estimate of drug-likeness (QED) is 0.429. The molecule has 1 aromatic heterocycles. The number of aromatic nitrogens is 1. The molecule has 0 spiro atoms. The molecule has 0 bridgehead atoms. The highest BCUT2D eigenvalue weighted by atomic mass is 32.2. The molecule has 3 aromatic carbocycles. The van der Waals surface area contributed by atoms with Gasteiger partial charge in [-0.05, 0) is 50.2 Å². The number of amides is 1. The molecule has 9 heteroatoms. The normalized spacial score (nSPS) is 15.3. The Balaban J connectivity index is 1.32. The number of rotatable bonds is 5.